The Bertz CT molecular complexity index is 443. The first-order chi connectivity index (χ1) is 12.7. The van der Waals surface area contributed by atoms with Crippen molar-refractivity contribution in [2.24, 2.45) is 5.73 Å². The first-order valence-corrected chi connectivity index (χ1v) is 11.1. The third kappa shape index (κ3) is 12.2. The lowest BCUT2D eigenvalue weighted by molar-refractivity contribution is 0.0973. The molecule has 0 heterocycles. The van der Waals surface area contributed by atoms with Crippen LogP contribution in [0.3, 0.4) is 0 Å². The summed E-state index contributed by atoms with van der Waals surface area (Å²) < 4.78 is 0. The van der Waals surface area contributed by atoms with E-state index in [-0.39, 0.29) is 11.8 Å². The topological polar surface area (TPSA) is 43.1 Å². The highest BCUT2D eigenvalue weighted by molar-refractivity contribution is 5.96. The molecule has 2 N–H and O–H groups in total. The van der Waals surface area contributed by atoms with Gasteiger partial charge in [0, 0.05) is 18.0 Å². The van der Waals surface area contributed by atoms with Crippen LogP contribution >= 0.6 is 0 Å². The van der Waals surface area contributed by atoms with Gasteiger partial charge in [-0.3, -0.25) is 4.79 Å². The van der Waals surface area contributed by atoms with Crippen LogP contribution in [0.4, 0.5) is 0 Å². The minimum Gasteiger partial charge on any atom is -0.327 e. The number of carbonyl (C=O) groups is 1. The second-order valence-electron chi connectivity index (χ2n) is 7.78. The molecule has 2 heteroatoms. The van der Waals surface area contributed by atoms with E-state index in [9.17, 15) is 4.79 Å². The maximum atomic E-state index is 12.1. The standard InChI is InChI=1S/C24H41NO/c1-2-3-4-5-6-7-8-9-10-11-12-13-17-20-23(25)21-24(26)22-18-15-14-16-19-22/h14-16,18-19,23H,2-13,17,20-21,25H2,1H3. The van der Waals surface area contributed by atoms with Crippen LogP contribution in [0.25, 0.3) is 0 Å². The molecule has 1 aromatic rings. The van der Waals surface area contributed by atoms with Crippen LogP contribution in [0.5, 0.6) is 0 Å². The van der Waals surface area contributed by atoms with Crippen molar-refractivity contribution in [3.05, 3.63) is 35.9 Å². The monoisotopic (exact) mass is 359 g/mol. The van der Waals surface area contributed by atoms with Crippen molar-refractivity contribution in [3.8, 4) is 0 Å². The van der Waals surface area contributed by atoms with Gasteiger partial charge in [0.2, 0.25) is 0 Å². The number of hydrogen-bond donors (Lipinski definition) is 1. The van der Waals surface area contributed by atoms with E-state index in [0.29, 0.717) is 6.42 Å². The maximum absolute atomic E-state index is 12.1. The molecule has 1 rings (SSSR count). The van der Waals surface area contributed by atoms with Gasteiger partial charge in [-0.15, -0.1) is 0 Å². The normalized spacial score (nSPS) is 12.2. The zero-order valence-electron chi connectivity index (χ0n) is 17.1. The number of Topliss-reactive ketones (excluding diaryl/α,β-unsaturated/α-hetero) is 1. The van der Waals surface area contributed by atoms with Crippen LogP contribution in [0, 0.1) is 0 Å². The summed E-state index contributed by atoms with van der Waals surface area (Å²) in [4.78, 5) is 12.1. The minimum absolute atomic E-state index is 0.00964. The zero-order chi connectivity index (χ0) is 18.9. The molecule has 0 bridgehead atoms. The number of nitrogens with two attached hydrogens (primary N) is 1. The average molecular weight is 360 g/mol. The summed E-state index contributed by atoms with van der Waals surface area (Å²) in [6.45, 7) is 2.28. The van der Waals surface area contributed by atoms with Crippen LogP contribution in [0.2, 0.25) is 0 Å². The third-order valence-electron chi connectivity index (χ3n) is 5.22. The Hall–Kier alpha value is -1.15. The quantitative estimate of drug-likeness (QED) is 0.239. The third-order valence-corrected chi connectivity index (χ3v) is 5.22. The Balaban J connectivity index is 1.87. The second kappa shape index (κ2) is 16.1. The van der Waals surface area contributed by atoms with Gasteiger partial charge in [-0.1, -0.05) is 121 Å². The van der Waals surface area contributed by atoms with Gasteiger partial charge in [0.05, 0.1) is 0 Å². The van der Waals surface area contributed by atoms with E-state index in [0.717, 1.165) is 18.4 Å². The molecule has 1 unspecified atom stereocenters. The van der Waals surface area contributed by atoms with Gasteiger partial charge in [-0.05, 0) is 6.42 Å². The molecule has 0 amide bonds. The molecular weight excluding hydrogens is 318 g/mol. The van der Waals surface area contributed by atoms with Gasteiger partial charge < -0.3 is 5.73 Å². The molecule has 0 saturated carbocycles. The van der Waals surface area contributed by atoms with Crippen molar-refractivity contribution in [2.45, 2.75) is 109 Å². The van der Waals surface area contributed by atoms with Crippen LogP contribution in [-0.2, 0) is 0 Å². The van der Waals surface area contributed by atoms with E-state index in [1.54, 1.807) is 0 Å². The number of hydrogen-bond acceptors (Lipinski definition) is 2. The Labute approximate surface area is 162 Å². The van der Waals surface area contributed by atoms with E-state index in [2.05, 4.69) is 6.92 Å². The smallest absolute Gasteiger partial charge is 0.164 e. The Morgan fingerprint density at radius 3 is 1.73 bits per heavy atom. The maximum Gasteiger partial charge on any atom is 0.164 e. The van der Waals surface area contributed by atoms with Crippen molar-refractivity contribution < 1.29 is 4.79 Å². The van der Waals surface area contributed by atoms with Crippen LogP contribution < -0.4 is 5.73 Å². The van der Waals surface area contributed by atoms with Crippen molar-refractivity contribution in [1.29, 1.82) is 0 Å². The SMILES string of the molecule is CCCCCCCCCCCCCCCC(N)CC(=O)c1ccccc1. The molecule has 148 valence electrons. The fourth-order valence-corrected chi connectivity index (χ4v) is 3.51. The lowest BCUT2D eigenvalue weighted by Crippen LogP contribution is -2.23. The summed E-state index contributed by atoms with van der Waals surface area (Å²) in [5.74, 6) is 0.174. The molecule has 0 radical (unpaired) electrons. The van der Waals surface area contributed by atoms with Crippen molar-refractivity contribution in [2.75, 3.05) is 0 Å². The Kier molecular flexibility index (Phi) is 14.1. The molecule has 1 atom stereocenters. The van der Waals surface area contributed by atoms with Gasteiger partial charge in [-0.25, -0.2) is 0 Å². The first-order valence-electron chi connectivity index (χ1n) is 11.1. The highest BCUT2D eigenvalue weighted by Gasteiger charge is 2.10. The molecule has 2 nitrogen and oxygen atoms in total. The van der Waals surface area contributed by atoms with E-state index in [4.69, 9.17) is 5.73 Å². The van der Waals surface area contributed by atoms with Crippen molar-refractivity contribution in [3.63, 3.8) is 0 Å². The molecule has 0 fully saturated rings. The molecule has 0 aliphatic rings. The summed E-state index contributed by atoms with van der Waals surface area (Å²) in [7, 11) is 0. The summed E-state index contributed by atoms with van der Waals surface area (Å²) in [5, 5.41) is 0. The van der Waals surface area contributed by atoms with Crippen LogP contribution in [-0.4, -0.2) is 11.8 Å². The molecule has 0 aliphatic heterocycles. The highest BCUT2D eigenvalue weighted by Crippen LogP contribution is 2.14. The van der Waals surface area contributed by atoms with Crippen LogP contribution in [0.1, 0.15) is 114 Å². The summed E-state index contributed by atoms with van der Waals surface area (Å²) >= 11 is 0. The summed E-state index contributed by atoms with van der Waals surface area (Å²) in [6, 6.07) is 9.51. The molecule has 0 aromatic heterocycles. The molecule has 0 spiro atoms. The largest absolute Gasteiger partial charge is 0.327 e. The number of unbranched alkanes of at least 4 members (excludes halogenated alkanes) is 12. The Morgan fingerprint density at radius 1 is 0.769 bits per heavy atom. The second-order valence-corrected chi connectivity index (χ2v) is 7.78. The fraction of sp³-hybridized carbons (Fsp3) is 0.708. The average Bonchev–Trinajstić information content (AvgIpc) is 2.66. The molecule has 0 saturated heterocycles. The van der Waals surface area contributed by atoms with Gasteiger partial charge >= 0.3 is 0 Å². The van der Waals surface area contributed by atoms with E-state index < -0.39 is 0 Å². The number of carbonyl (C=O) groups excluding carboxylic acids is 1. The van der Waals surface area contributed by atoms with E-state index in [1.807, 2.05) is 30.3 Å². The zero-order valence-corrected chi connectivity index (χ0v) is 17.1. The summed E-state index contributed by atoms with van der Waals surface area (Å²) in [6.07, 6.45) is 19.2. The number of rotatable bonds is 17. The molecular formula is C24H41NO. The van der Waals surface area contributed by atoms with Gasteiger partial charge in [0.1, 0.15) is 0 Å². The molecule has 1 aromatic carbocycles. The first kappa shape index (κ1) is 22.9. The summed E-state index contributed by atoms with van der Waals surface area (Å²) in [5.41, 5.74) is 6.92. The predicted octanol–water partition coefficient (Wildman–Crippen LogP) is 7.07. The van der Waals surface area contributed by atoms with Crippen molar-refractivity contribution >= 4 is 5.78 Å². The number of ketones is 1. The van der Waals surface area contributed by atoms with Gasteiger partial charge in [0.15, 0.2) is 5.78 Å². The minimum atomic E-state index is 0.00964. The van der Waals surface area contributed by atoms with Gasteiger partial charge in [0.25, 0.3) is 0 Å². The lowest BCUT2D eigenvalue weighted by Gasteiger charge is -2.10. The lowest BCUT2D eigenvalue weighted by atomic mass is 9.99. The molecule has 0 aliphatic carbocycles. The highest BCUT2D eigenvalue weighted by atomic mass is 16.1. The van der Waals surface area contributed by atoms with E-state index >= 15 is 0 Å². The van der Waals surface area contributed by atoms with Crippen molar-refractivity contribution in [1.82, 2.24) is 0 Å². The Morgan fingerprint density at radius 2 is 1.23 bits per heavy atom. The molecule has 26 heavy (non-hydrogen) atoms. The fourth-order valence-electron chi connectivity index (χ4n) is 3.51. The predicted molar refractivity (Wildman–Crippen MR) is 114 cm³/mol. The number of benzene rings is 1. The van der Waals surface area contributed by atoms with Gasteiger partial charge in [-0.2, -0.15) is 0 Å². The van der Waals surface area contributed by atoms with Crippen LogP contribution in [0.15, 0.2) is 30.3 Å². The van der Waals surface area contributed by atoms with E-state index in [1.165, 1.54) is 77.0 Å².